The van der Waals surface area contributed by atoms with Gasteiger partial charge >= 0.3 is 0 Å². The average Bonchev–Trinajstić information content (AvgIpc) is 3.04. The fourth-order valence-corrected chi connectivity index (χ4v) is 3.62. The number of H-pyrrole nitrogens is 1. The minimum Gasteiger partial charge on any atom is -0.346 e. The second-order valence-corrected chi connectivity index (χ2v) is 7.20. The van der Waals surface area contributed by atoms with Crippen LogP contribution in [-0.4, -0.2) is 24.1 Å². The lowest BCUT2D eigenvalue weighted by molar-refractivity contribution is 0.599. The van der Waals surface area contributed by atoms with Crippen molar-refractivity contribution in [1.29, 1.82) is 5.26 Å². The summed E-state index contributed by atoms with van der Waals surface area (Å²) in [5.41, 5.74) is 3.34. The predicted molar refractivity (Wildman–Crippen MR) is 93.8 cm³/mol. The second-order valence-electron chi connectivity index (χ2n) is 5.36. The number of hydrogen-bond donors (Lipinski definition) is 2. The summed E-state index contributed by atoms with van der Waals surface area (Å²) in [5, 5.41) is 9.50. The lowest BCUT2D eigenvalue weighted by Crippen LogP contribution is -2.16. The Balaban J connectivity index is 1.79. The molecule has 0 radical (unpaired) electrons. The molecule has 2 heterocycles. The number of sulfonamides is 1. The van der Waals surface area contributed by atoms with E-state index in [0.717, 1.165) is 22.2 Å². The fraction of sp³-hybridized carbons (Fsp3) is 0.176. The number of nitrogens with one attached hydrogen (secondary N) is 2. The summed E-state index contributed by atoms with van der Waals surface area (Å²) in [6, 6.07) is 13.0. The van der Waals surface area contributed by atoms with Crippen molar-refractivity contribution in [2.75, 3.05) is 10.5 Å². The smallest absolute Gasteiger partial charge is 0.232 e. The Morgan fingerprint density at radius 2 is 1.96 bits per heavy atom. The standard InChI is InChI=1S/C17H16N4O2S/c18-9-1-2-12-24(22,23)21-14-5-3-13(4-6-14)15-7-10-19-17-16(15)8-11-20-17/h3-8,10-11,21H,1-2,12H2,(H,19,20). The Bertz CT molecular complexity index is 985. The van der Waals surface area contributed by atoms with E-state index in [9.17, 15) is 8.42 Å². The first-order valence-electron chi connectivity index (χ1n) is 7.49. The minimum absolute atomic E-state index is 0.0589. The molecule has 0 saturated heterocycles. The molecule has 0 bridgehead atoms. The van der Waals surface area contributed by atoms with Gasteiger partial charge in [-0.15, -0.1) is 0 Å². The molecule has 2 N–H and O–H groups in total. The maximum atomic E-state index is 11.9. The number of anilines is 1. The quantitative estimate of drug-likeness (QED) is 0.673. The van der Waals surface area contributed by atoms with Crippen molar-refractivity contribution in [1.82, 2.24) is 9.97 Å². The van der Waals surface area contributed by atoms with E-state index in [1.54, 1.807) is 18.3 Å². The summed E-state index contributed by atoms with van der Waals surface area (Å²) in [6.45, 7) is 0. The number of unbranched alkanes of at least 4 members (excludes halogenated alkanes) is 1. The topological polar surface area (TPSA) is 98.6 Å². The molecule has 24 heavy (non-hydrogen) atoms. The highest BCUT2D eigenvalue weighted by molar-refractivity contribution is 7.92. The molecular weight excluding hydrogens is 324 g/mol. The summed E-state index contributed by atoms with van der Waals surface area (Å²) in [6.07, 6.45) is 4.13. The second kappa shape index (κ2) is 6.72. The SMILES string of the molecule is N#CCCCS(=O)(=O)Nc1ccc(-c2ccnc3[nH]ccc23)cc1. The van der Waals surface area contributed by atoms with Gasteiger partial charge in [-0.05, 0) is 41.8 Å². The van der Waals surface area contributed by atoms with Crippen molar-refractivity contribution < 1.29 is 8.42 Å². The molecule has 6 nitrogen and oxygen atoms in total. The molecule has 0 aliphatic rings. The van der Waals surface area contributed by atoms with Gasteiger partial charge in [0.05, 0.1) is 11.8 Å². The Morgan fingerprint density at radius 1 is 1.17 bits per heavy atom. The summed E-state index contributed by atoms with van der Waals surface area (Å²) in [4.78, 5) is 7.33. The van der Waals surface area contributed by atoms with E-state index in [0.29, 0.717) is 12.1 Å². The lowest BCUT2D eigenvalue weighted by atomic mass is 10.0. The number of rotatable bonds is 6. The summed E-state index contributed by atoms with van der Waals surface area (Å²) in [7, 11) is -3.43. The van der Waals surface area contributed by atoms with E-state index >= 15 is 0 Å². The van der Waals surface area contributed by atoms with Gasteiger partial charge in [-0.1, -0.05) is 12.1 Å². The maximum Gasteiger partial charge on any atom is 0.232 e. The van der Waals surface area contributed by atoms with Gasteiger partial charge in [0.15, 0.2) is 0 Å². The lowest BCUT2D eigenvalue weighted by Gasteiger charge is -2.09. The molecule has 2 aromatic heterocycles. The number of aromatic nitrogens is 2. The zero-order valence-corrected chi connectivity index (χ0v) is 13.7. The summed E-state index contributed by atoms with van der Waals surface area (Å²) >= 11 is 0. The molecule has 1 aromatic carbocycles. The third-order valence-corrected chi connectivity index (χ3v) is 5.00. The number of nitrogens with zero attached hydrogens (tertiary/aromatic N) is 2. The average molecular weight is 340 g/mol. The Kier molecular flexibility index (Phi) is 4.49. The van der Waals surface area contributed by atoms with Gasteiger partial charge in [-0.25, -0.2) is 13.4 Å². The molecule has 122 valence electrons. The zero-order chi connectivity index (χ0) is 17.0. The van der Waals surface area contributed by atoms with E-state index in [-0.39, 0.29) is 12.2 Å². The van der Waals surface area contributed by atoms with E-state index in [1.165, 1.54) is 0 Å². The monoisotopic (exact) mass is 340 g/mol. The van der Waals surface area contributed by atoms with Gasteiger partial charge in [0.1, 0.15) is 5.65 Å². The molecule has 3 aromatic rings. The van der Waals surface area contributed by atoms with Crippen LogP contribution in [0.25, 0.3) is 22.2 Å². The number of pyridine rings is 1. The molecule has 0 spiro atoms. The third kappa shape index (κ3) is 3.55. The van der Waals surface area contributed by atoms with Crippen LogP contribution in [0, 0.1) is 11.3 Å². The van der Waals surface area contributed by atoms with Crippen LogP contribution in [0.4, 0.5) is 5.69 Å². The summed E-state index contributed by atoms with van der Waals surface area (Å²) < 4.78 is 26.4. The molecule has 0 aliphatic carbocycles. The third-order valence-electron chi connectivity index (χ3n) is 3.63. The van der Waals surface area contributed by atoms with Crippen molar-refractivity contribution in [3.63, 3.8) is 0 Å². The van der Waals surface area contributed by atoms with Gasteiger partial charge in [-0.3, -0.25) is 4.72 Å². The predicted octanol–water partition coefficient (Wildman–Crippen LogP) is 3.28. The largest absolute Gasteiger partial charge is 0.346 e. The van der Waals surface area contributed by atoms with Crippen LogP contribution in [0.3, 0.4) is 0 Å². The first kappa shape index (κ1) is 16.0. The molecule has 7 heteroatoms. The highest BCUT2D eigenvalue weighted by Crippen LogP contribution is 2.28. The Morgan fingerprint density at radius 3 is 2.71 bits per heavy atom. The van der Waals surface area contributed by atoms with E-state index in [1.807, 2.05) is 36.5 Å². The van der Waals surface area contributed by atoms with Gasteiger partial charge in [0, 0.05) is 29.9 Å². The highest BCUT2D eigenvalue weighted by Gasteiger charge is 2.10. The Labute approximate surface area is 140 Å². The van der Waals surface area contributed by atoms with E-state index in [4.69, 9.17) is 5.26 Å². The molecular formula is C17H16N4O2S. The maximum absolute atomic E-state index is 11.9. The highest BCUT2D eigenvalue weighted by atomic mass is 32.2. The zero-order valence-electron chi connectivity index (χ0n) is 12.9. The van der Waals surface area contributed by atoms with Crippen molar-refractivity contribution >= 4 is 26.7 Å². The first-order valence-corrected chi connectivity index (χ1v) is 9.14. The van der Waals surface area contributed by atoms with Gasteiger partial charge in [0.25, 0.3) is 0 Å². The van der Waals surface area contributed by atoms with Crippen molar-refractivity contribution in [3.05, 3.63) is 48.8 Å². The van der Waals surface area contributed by atoms with Crippen LogP contribution in [0.5, 0.6) is 0 Å². The number of benzene rings is 1. The molecule has 0 aliphatic heterocycles. The molecule has 0 amide bonds. The van der Waals surface area contributed by atoms with Crippen LogP contribution in [0.1, 0.15) is 12.8 Å². The minimum atomic E-state index is -3.43. The van der Waals surface area contributed by atoms with Crippen LogP contribution in [-0.2, 0) is 10.0 Å². The molecule has 0 fully saturated rings. The van der Waals surface area contributed by atoms with Crippen molar-refractivity contribution in [2.24, 2.45) is 0 Å². The number of fused-ring (bicyclic) bond motifs is 1. The van der Waals surface area contributed by atoms with Crippen LogP contribution < -0.4 is 4.72 Å². The van der Waals surface area contributed by atoms with Gasteiger partial charge < -0.3 is 4.98 Å². The van der Waals surface area contributed by atoms with Gasteiger partial charge in [0.2, 0.25) is 10.0 Å². The fourth-order valence-electron chi connectivity index (χ4n) is 2.50. The normalized spacial score (nSPS) is 11.3. The van der Waals surface area contributed by atoms with Crippen LogP contribution in [0.15, 0.2) is 48.8 Å². The van der Waals surface area contributed by atoms with E-state index < -0.39 is 10.0 Å². The summed E-state index contributed by atoms with van der Waals surface area (Å²) in [5.74, 6) is -0.0589. The molecule has 0 atom stereocenters. The number of aromatic amines is 1. The molecule has 0 saturated carbocycles. The van der Waals surface area contributed by atoms with Gasteiger partial charge in [-0.2, -0.15) is 5.26 Å². The Hall–Kier alpha value is -2.85. The first-order chi connectivity index (χ1) is 11.6. The van der Waals surface area contributed by atoms with Crippen LogP contribution in [0.2, 0.25) is 0 Å². The number of nitriles is 1. The van der Waals surface area contributed by atoms with Crippen molar-refractivity contribution in [3.8, 4) is 17.2 Å². The van der Waals surface area contributed by atoms with E-state index in [2.05, 4.69) is 14.7 Å². The van der Waals surface area contributed by atoms with Crippen molar-refractivity contribution in [2.45, 2.75) is 12.8 Å². The molecule has 0 unspecified atom stereocenters. The van der Waals surface area contributed by atoms with Crippen LogP contribution >= 0.6 is 0 Å². The number of hydrogen-bond acceptors (Lipinski definition) is 4. The molecule has 3 rings (SSSR count).